The number of pyridine rings is 1. The van der Waals surface area contributed by atoms with Gasteiger partial charge in [-0.3, -0.25) is 14.6 Å². The molecular formula is C13H16N4O2. The van der Waals surface area contributed by atoms with E-state index < -0.39 is 0 Å². The van der Waals surface area contributed by atoms with Crippen LogP contribution in [0, 0.1) is 0 Å². The van der Waals surface area contributed by atoms with E-state index in [1.807, 2.05) is 4.90 Å². The summed E-state index contributed by atoms with van der Waals surface area (Å²) in [6, 6.07) is 2.00. The summed E-state index contributed by atoms with van der Waals surface area (Å²) in [6.07, 6.45) is 5.18. The Morgan fingerprint density at radius 2 is 2.16 bits per heavy atom. The number of rotatable bonds is 2. The van der Waals surface area contributed by atoms with E-state index in [0.717, 1.165) is 12.8 Å². The quantitative estimate of drug-likeness (QED) is 0.818. The summed E-state index contributed by atoms with van der Waals surface area (Å²) in [7, 11) is 0. The summed E-state index contributed by atoms with van der Waals surface area (Å²) >= 11 is 0. The molecule has 3 rings (SSSR count). The third kappa shape index (κ3) is 2.25. The van der Waals surface area contributed by atoms with Crippen LogP contribution in [0.4, 0.5) is 5.69 Å². The number of hydrogen-bond donors (Lipinski definition) is 1. The number of aromatic nitrogens is 1. The summed E-state index contributed by atoms with van der Waals surface area (Å²) in [5, 5.41) is 0. The van der Waals surface area contributed by atoms with Gasteiger partial charge in [-0.05, 0) is 18.9 Å². The van der Waals surface area contributed by atoms with Gasteiger partial charge < -0.3 is 15.5 Å². The predicted molar refractivity (Wildman–Crippen MR) is 69.3 cm³/mol. The van der Waals surface area contributed by atoms with Crippen molar-refractivity contribution in [3.63, 3.8) is 0 Å². The summed E-state index contributed by atoms with van der Waals surface area (Å²) in [5.41, 5.74) is 6.54. The van der Waals surface area contributed by atoms with Gasteiger partial charge in [-0.25, -0.2) is 0 Å². The molecule has 6 nitrogen and oxygen atoms in total. The average Bonchev–Trinajstić information content (AvgIpc) is 3.23. The number of piperazine rings is 1. The van der Waals surface area contributed by atoms with Gasteiger partial charge in [0.15, 0.2) is 0 Å². The summed E-state index contributed by atoms with van der Waals surface area (Å²) in [4.78, 5) is 31.6. The highest BCUT2D eigenvalue weighted by atomic mass is 16.2. The molecule has 0 radical (unpaired) electrons. The number of nitrogens with two attached hydrogens (primary N) is 1. The van der Waals surface area contributed by atoms with E-state index in [0.29, 0.717) is 30.4 Å². The molecule has 1 aliphatic carbocycles. The highest BCUT2D eigenvalue weighted by Crippen LogP contribution is 2.28. The van der Waals surface area contributed by atoms with Crippen LogP contribution in [0.25, 0.3) is 0 Å². The van der Waals surface area contributed by atoms with Crippen LogP contribution in [0.2, 0.25) is 0 Å². The van der Waals surface area contributed by atoms with Crippen molar-refractivity contribution in [2.45, 2.75) is 18.9 Å². The zero-order valence-electron chi connectivity index (χ0n) is 10.6. The number of carbonyl (C=O) groups is 2. The second-order valence-electron chi connectivity index (χ2n) is 5.01. The van der Waals surface area contributed by atoms with Crippen molar-refractivity contribution in [1.82, 2.24) is 14.8 Å². The van der Waals surface area contributed by atoms with E-state index in [4.69, 9.17) is 5.73 Å². The molecular weight excluding hydrogens is 244 g/mol. The van der Waals surface area contributed by atoms with Crippen molar-refractivity contribution in [1.29, 1.82) is 0 Å². The smallest absolute Gasteiger partial charge is 0.258 e. The summed E-state index contributed by atoms with van der Waals surface area (Å²) < 4.78 is 0. The molecule has 2 aliphatic rings. The maximum Gasteiger partial charge on any atom is 0.258 e. The SMILES string of the molecule is Nc1ccncc1C(=O)N1CCN(C2CC2)C(=O)C1. The van der Waals surface area contributed by atoms with Gasteiger partial charge in [-0.2, -0.15) is 0 Å². The minimum atomic E-state index is -0.214. The first-order valence-electron chi connectivity index (χ1n) is 6.45. The highest BCUT2D eigenvalue weighted by Gasteiger charge is 2.37. The number of hydrogen-bond acceptors (Lipinski definition) is 4. The lowest BCUT2D eigenvalue weighted by molar-refractivity contribution is -0.135. The number of carbonyl (C=O) groups excluding carboxylic acids is 2. The Balaban J connectivity index is 1.72. The Bertz CT molecular complexity index is 527. The first-order chi connectivity index (χ1) is 9.16. The van der Waals surface area contributed by atoms with Crippen LogP contribution >= 0.6 is 0 Å². The number of nitrogens with zero attached hydrogens (tertiary/aromatic N) is 3. The van der Waals surface area contributed by atoms with Crippen LogP contribution in [-0.4, -0.2) is 52.3 Å². The Kier molecular flexibility index (Phi) is 2.85. The van der Waals surface area contributed by atoms with Gasteiger partial charge in [0.25, 0.3) is 5.91 Å². The molecule has 2 heterocycles. The normalized spacial score (nSPS) is 19.7. The van der Waals surface area contributed by atoms with E-state index in [-0.39, 0.29) is 18.4 Å². The number of anilines is 1. The molecule has 0 spiro atoms. The van der Waals surface area contributed by atoms with Crippen molar-refractivity contribution in [2.24, 2.45) is 0 Å². The zero-order chi connectivity index (χ0) is 13.4. The fourth-order valence-electron chi connectivity index (χ4n) is 2.39. The second-order valence-corrected chi connectivity index (χ2v) is 5.01. The Morgan fingerprint density at radius 3 is 2.79 bits per heavy atom. The minimum Gasteiger partial charge on any atom is -0.398 e. The molecule has 0 unspecified atom stereocenters. The molecule has 1 aromatic rings. The standard InChI is InChI=1S/C13H16N4O2/c14-11-3-4-15-7-10(11)13(19)16-5-6-17(9-1-2-9)12(18)8-16/h3-4,7,9H,1-2,5-6,8H2,(H2,14,15). The van der Waals surface area contributed by atoms with E-state index in [9.17, 15) is 9.59 Å². The Hall–Kier alpha value is -2.11. The molecule has 2 amide bonds. The summed E-state index contributed by atoms with van der Waals surface area (Å²) in [6.45, 7) is 1.33. The van der Waals surface area contributed by atoms with Gasteiger partial charge in [0.2, 0.25) is 5.91 Å². The molecule has 0 aromatic carbocycles. The lowest BCUT2D eigenvalue weighted by Gasteiger charge is -2.34. The highest BCUT2D eigenvalue weighted by molar-refractivity contribution is 6.00. The van der Waals surface area contributed by atoms with Gasteiger partial charge in [-0.1, -0.05) is 0 Å². The molecule has 1 saturated carbocycles. The molecule has 0 bridgehead atoms. The Morgan fingerprint density at radius 1 is 1.37 bits per heavy atom. The van der Waals surface area contributed by atoms with E-state index >= 15 is 0 Å². The van der Waals surface area contributed by atoms with Gasteiger partial charge in [0, 0.05) is 37.2 Å². The fraction of sp³-hybridized carbons (Fsp3) is 0.462. The number of nitrogen functional groups attached to an aromatic ring is 1. The minimum absolute atomic E-state index is 0.0320. The monoisotopic (exact) mass is 260 g/mol. The van der Waals surface area contributed by atoms with E-state index in [1.54, 1.807) is 17.2 Å². The molecule has 100 valence electrons. The first-order valence-corrected chi connectivity index (χ1v) is 6.45. The zero-order valence-corrected chi connectivity index (χ0v) is 10.6. The third-order valence-corrected chi connectivity index (χ3v) is 3.62. The van der Waals surface area contributed by atoms with Crippen molar-refractivity contribution in [2.75, 3.05) is 25.4 Å². The van der Waals surface area contributed by atoms with Gasteiger partial charge in [0.1, 0.15) is 6.54 Å². The second kappa shape index (κ2) is 4.53. The molecule has 2 N–H and O–H groups in total. The van der Waals surface area contributed by atoms with Gasteiger partial charge in [-0.15, -0.1) is 0 Å². The molecule has 1 aromatic heterocycles. The fourth-order valence-corrected chi connectivity index (χ4v) is 2.39. The van der Waals surface area contributed by atoms with Crippen molar-refractivity contribution >= 4 is 17.5 Å². The Labute approximate surface area is 111 Å². The van der Waals surface area contributed by atoms with Crippen LogP contribution in [0.15, 0.2) is 18.5 Å². The number of amides is 2. The molecule has 1 saturated heterocycles. The van der Waals surface area contributed by atoms with Crippen LogP contribution in [0.5, 0.6) is 0 Å². The lowest BCUT2D eigenvalue weighted by atomic mass is 10.2. The van der Waals surface area contributed by atoms with Crippen LogP contribution in [-0.2, 0) is 4.79 Å². The van der Waals surface area contributed by atoms with Gasteiger partial charge >= 0.3 is 0 Å². The first kappa shape index (κ1) is 12.0. The van der Waals surface area contributed by atoms with Crippen molar-refractivity contribution in [3.8, 4) is 0 Å². The van der Waals surface area contributed by atoms with Crippen LogP contribution < -0.4 is 5.73 Å². The van der Waals surface area contributed by atoms with Crippen LogP contribution in [0.1, 0.15) is 23.2 Å². The lowest BCUT2D eigenvalue weighted by Crippen LogP contribution is -2.53. The molecule has 2 fully saturated rings. The maximum atomic E-state index is 12.3. The molecule has 6 heteroatoms. The third-order valence-electron chi connectivity index (χ3n) is 3.62. The van der Waals surface area contributed by atoms with Crippen molar-refractivity contribution in [3.05, 3.63) is 24.0 Å². The van der Waals surface area contributed by atoms with Crippen molar-refractivity contribution < 1.29 is 9.59 Å². The average molecular weight is 260 g/mol. The van der Waals surface area contributed by atoms with Gasteiger partial charge in [0.05, 0.1) is 5.56 Å². The van der Waals surface area contributed by atoms with E-state index in [1.165, 1.54) is 6.20 Å². The van der Waals surface area contributed by atoms with E-state index in [2.05, 4.69) is 4.98 Å². The van der Waals surface area contributed by atoms with Crippen LogP contribution in [0.3, 0.4) is 0 Å². The topological polar surface area (TPSA) is 79.5 Å². The largest absolute Gasteiger partial charge is 0.398 e. The molecule has 0 atom stereocenters. The maximum absolute atomic E-state index is 12.3. The molecule has 1 aliphatic heterocycles. The summed E-state index contributed by atoms with van der Waals surface area (Å²) in [5.74, 6) is -0.182. The predicted octanol–water partition coefficient (Wildman–Crippen LogP) is 0.111. The molecule has 19 heavy (non-hydrogen) atoms.